The number of esters is 1. The number of hydrogen-bond donors (Lipinski definition) is 1. The number of aromatic amines is 1. The van der Waals surface area contributed by atoms with Crippen LogP contribution >= 0.6 is 0 Å². The third kappa shape index (κ3) is 3.74. The van der Waals surface area contributed by atoms with Crippen LogP contribution in [-0.4, -0.2) is 24.2 Å². The van der Waals surface area contributed by atoms with Crippen molar-refractivity contribution in [1.82, 2.24) is 4.98 Å². The standard InChI is InChI=1S/C25H23NO3/c1-3-28-25(27)22-17(2)26-21(23(22)18-9-5-4-6-10-18)15-14-20-12-7-11-19-13-8-16-29-24(19)20/h4-15,26H,3,16H2,1-2H3/b15-14+. The number of rotatable bonds is 5. The summed E-state index contributed by atoms with van der Waals surface area (Å²) >= 11 is 0. The summed E-state index contributed by atoms with van der Waals surface area (Å²) in [5.74, 6) is 0.562. The lowest BCUT2D eigenvalue weighted by Gasteiger charge is -2.14. The molecule has 1 aromatic heterocycles. The molecule has 0 aliphatic carbocycles. The summed E-state index contributed by atoms with van der Waals surface area (Å²) in [5.41, 5.74) is 6.11. The van der Waals surface area contributed by atoms with E-state index in [4.69, 9.17) is 9.47 Å². The molecule has 4 rings (SSSR count). The molecule has 0 fully saturated rings. The smallest absolute Gasteiger partial charge is 0.340 e. The number of carbonyl (C=O) groups excluding carboxylic acids is 1. The highest BCUT2D eigenvalue weighted by Gasteiger charge is 2.22. The van der Waals surface area contributed by atoms with Gasteiger partial charge < -0.3 is 14.5 Å². The Morgan fingerprint density at radius 2 is 1.97 bits per heavy atom. The number of benzene rings is 2. The van der Waals surface area contributed by atoms with E-state index in [9.17, 15) is 4.79 Å². The predicted molar refractivity (Wildman–Crippen MR) is 117 cm³/mol. The molecule has 0 radical (unpaired) electrons. The molecular formula is C25H23NO3. The van der Waals surface area contributed by atoms with Gasteiger partial charge in [0.2, 0.25) is 0 Å². The molecule has 146 valence electrons. The molecule has 1 aliphatic rings. The summed E-state index contributed by atoms with van der Waals surface area (Å²) in [6.45, 7) is 4.62. The van der Waals surface area contributed by atoms with E-state index in [2.05, 4.69) is 11.1 Å². The summed E-state index contributed by atoms with van der Waals surface area (Å²) < 4.78 is 11.1. The van der Waals surface area contributed by atoms with Crippen molar-refractivity contribution in [1.29, 1.82) is 0 Å². The summed E-state index contributed by atoms with van der Waals surface area (Å²) in [6.07, 6.45) is 8.09. The van der Waals surface area contributed by atoms with Crippen LogP contribution in [0, 0.1) is 6.92 Å². The topological polar surface area (TPSA) is 51.3 Å². The van der Waals surface area contributed by atoms with Gasteiger partial charge in [-0.2, -0.15) is 0 Å². The molecule has 2 heterocycles. The average molecular weight is 385 g/mol. The lowest BCUT2D eigenvalue weighted by atomic mass is 9.99. The molecule has 0 saturated heterocycles. The Bertz CT molecular complexity index is 1090. The second kappa shape index (κ2) is 8.23. The molecule has 0 bridgehead atoms. The Morgan fingerprint density at radius 1 is 1.14 bits per heavy atom. The zero-order chi connectivity index (χ0) is 20.2. The van der Waals surface area contributed by atoms with E-state index in [0.29, 0.717) is 18.8 Å². The van der Waals surface area contributed by atoms with Crippen LogP contribution in [0.5, 0.6) is 5.75 Å². The van der Waals surface area contributed by atoms with Crippen molar-refractivity contribution in [2.45, 2.75) is 13.8 Å². The van der Waals surface area contributed by atoms with E-state index >= 15 is 0 Å². The number of H-pyrrole nitrogens is 1. The first-order chi connectivity index (χ1) is 14.2. The van der Waals surface area contributed by atoms with E-state index in [1.165, 1.54) is 0 Å². The Morgan fingerprint density at radius 3 is 2.76 bits per heavy atom. The molecule has 1 N–H and O–H groups in total. The van der Waals surface area contributed by atoms with E-state index in [-0.39, 0.29) is 5.97 Å². The number of aromatic nitrogens is 1. The van der Waals surface area contributed by atoms with Gasteiger partial charge in [0.15, 0.2) is 0 Å². The molecule has 4 nitrogen and oxygen atoms in total. The van der Waals surface area contributed by atoms with Gasteiger partial charge in [0.1, 0.15) is 12.4 Å². The minimum atomic E-state index is -0.315. The molecular weight excluding hydrogens is 362 g/mol. The first-order valence-corrected chi connectivity index (χ1v) is 9.74. The second-order valence-electron chi connectivity index (χ2n) is 6.81. The monoisotopic (exact) mass is 385 g/mol. The van der Waals surface area contributed by atoms with Crippen LogP contribution in [0.15, 0.2) is 54.6 Å². The number of nitrogens with one attached hydrogen (secondary N) is 1. The minimum Gasteiger partial charge on any atom is -0.488 e. The molecule has 0 amide bonds. The summed E-state index contributed by atoms with van der Waals surface area (Å²) in [6, 6.07) is 16.0. The van der Waals surface area contributed by atoms with Gasteiger partial charge in [0, 0.05) is 28.1 Å². The van der Waals surface area contributed by atoms with E-state index in [1.54, 1.807) is 0 Å². The van der Waals surface area contributed by atoms with Crippen LogP contribution in [0.3, 0.4) is 0 Å². The Hall–Kier alpha value is -3.53. The number of para-hydroxylation sites is 1. The first-order valence-electron chi connectivity index (χ1n) is 9.74. The summed E-state index contributed by atoms with van der Waals surface area (Å²) in [4.78, 5) is 16.0. The van der Waals surface area contributed by atoms with Crippen LogP contribution in [0.25, 0.3) is 29.4 Å². The van der Waals surface area contributed by atoms with Crippen LogP contribution < -0.4 is 4.74 Å². The van der Waals surface area contributed by atoms with Gasteiger partial charge in [0.05, 0.1) is 12.2 Å². The van der Waals surface area contributed by atoms with E-state index < -0.39 is 0 Å². The zero-order valence-corrected chi connectivity index (χ0v) is 16.6. The fourth-order valence-electron chi connectivity index (χ4n) is 3.62. The van der Waals surface area contributed by atoms with Gasteiger partial charge in [-0.3, -0.25) is 0 Å². The van der Waals surface area contributed by atoms with Crippen molar-refractivity contribution in [2.75, 3.05) is 13.2 Å². The van der Waals surface area contributed by atoms with Gasteiger partial charge in [-0.1, -0.05) is 54.6 Å². The Kier molecular flexibility index (Phi) is 5.34. The highest BCUT2D eigenvalue weighted by molar-refractivity contribution is 6.01. The van der Waals surface area contributed by atoms with E-state index in [0.717, 1.165) is 39.4 Å². The predicted octanol–water partition coefficient (Wildman–Crippen LogP) is 5.74. The van der Waals surface area contributed by atoms with Crippen molar-refractivity contribution in [3.05, 3.63) is 82.7 Å². The third-order valence-corrected chi connectivity index (χ3v) is 4.89. The number of ether oxygens (including phenoxy) is 2. The quantitative estimate of drug-likeness (QED) is 0.570. The number of aryl methyl sites for hydroxylation is 1. The van der Waals surface area contributed by atoms with E-state index in [1.807, 2.05) is 80.6 Å². The van der Waals surface area contributed by atoms with Crippen LogP contribution in [0.1, 0.15) is 39.8 Å². The molecule has 2 aromatic carbocycles. The summed E-state index contributed by atoms with van der Waals surface area (Å²) in [5, 5.41) is 0. The van der Waals surface area contributed by atoms with Crippen LogP contribution in [-0.2, 0) is 4.74 Å². The normalized spacial score (nSPS) is 12.6. The van der Waals surface area contributed by atoms with Gasteiger partial charge in [-0.05, 0) is 37.6 Å². The maximum Gasteiger partial charge on any atom is 0.340 e. The highest BCUT2D eigenvalue weighted by Crippen LogP contribution is 2.34. The third-order valence-electron chi connectivity index (χ3n) is 4.89. The van der Waals surface area contributed by atoms with Crippen LogP contribution in [0.4, 0.5) is 0 Å². The summed E-state index contributed by atoms with van der Waals surface area (Å²) in [7, 11) is 0. The molecule has 4 heteroatoms. The Labute approximate surface area is 170 Å². The number of hydrogen-bond acceptors (Lipinski definition) is 3. The van der Waals surface area contributed by atoms with Crippen molar-refractivity contribution in [3.8, 4) is 16.9 Å². The van der Waals surface area contributed by atoms with Gasteiger partial charge in [0.25, 0.3) is 0 Å². The first kappa shape index (κ1) is 18.8. The molecule has 0 atom stereocenters. The minimum absolute atomic E-state index is 0.315. The lowest BCUT2D eigenvalue weighted by molar-refractivity contribution is 0.0526. The highest BCUT2D eigenvalue weighted by atomic mass is 16.5. The Balaban J connectivity index is 1.81. The largest absolute Gasteiger partial charge is 0.488 e. The van der Waals surface area contributed by atoms with Gasteiger partial charge in [-0.15, -0.1) is 0 Å². The fraction of sp³-hybridized carbons (Fsp3) is 0.160. The van der Waals surface area contributed by atoms with Crippen molar-refractivity contribution in [3.63, 3.8) is 0 Å². The molecule has 0 unspecified atom stereocenters. The molecule has 1 aliphatic heterocycles. The molecule has 0 saturated carbocycles. The molecule has 29 heavy (non-hydrogen) atoms. The van der Waals surface area contributed by atoms with Crippen molar-refractivity contribution in [2.24, 2.45) is 0 Å². The van der Waals surface area contributed by atoms with Crippen LogP contribution in [0.2, 0.25) is 0 Å². The van der Waals surface area contributed by atoms with Gasteiger partial charge >= 0.3 is 5.97 Å². The maximum atomic E-state index is 12.6. The number of fused-ring (bicyclic) bond motifs is 1. The number of carbonyl (C=O) groups is 1. The average Bonchev–Trinajstić information content (AvgIpc) is 3.09. The van der Waals surface area contributed by atoms with Gasteiger partial charge in [-0.25, -0.2) is 4.79 Å². The molecule has 3 aromatic rings. The zero-order valence-electron chi connectivity index (χ0n) is 16.6. The maximum absolute atomic E-state index is 12.6. The van der Waals surface area contributed by atoms with Crippen molar-refractivity contribution < 1.29 is 14.3 Å². The molecule has 0 spiro atoms. The SMILES string of the molecule is CCOC(=O)c1c(C)[nH]c(/C=C/c2cccc3c2OCC=C3)c1-c1ccccc1. The lowest BCUT2D eigenvalue weighted by Crippen LogP contribution is -2.06. The van der Waals surface area contributed by atoms with Crippen molar-refractivity contribution >= 4 is 24.2 Å². The second-order valence-corrected chi connectivity index (χ2v) is 6.81. The fourth-order valence-corrected chi connectivity index (χ4v) is 3.62.